The fourth-order valence-electron chi connectivity index (χ4n) is 1.15. The summed E-state index contributed by atoms with van der Waals surface area (Å²) in [5.74, 6) is 0.830. The normalized spacial score (nSPS) is 12.0. The van der Waals surface area contributed by atoms with Gasteiger partial charge in [0, 0.05) is 0 Å². The topological polar surface area (TPSA) is 29.5 Å². The molecule has 0 fully saturated rings. The van der Waals surface area contributed by atoms with Gasteiger partial charge in [0.25, 0.3) is 0 Å². The minimum absolute atomic E-state index is 0.420. The zero-order valence-electron chi connectivity index (χ0n) is 9.53. The number of aliphatic hydroxyl groups excluding tert-OH is 1. The van der Waals surface area contributed by atoms with E-state index in [2.05, 4.69) is 0 Å². The van der Waals surface area contributed by atoms with E-state index in [-0.39, 0.29) is 0 Å². The van der Waals surface area contributed by atoms with Crippen LogP contribution in [-0.4, -0.2) is 11.7 Å². The van der Waals surface area contributed by atoms with E-state index in [1.807, 2.05) is 44.2 Å². The third kappa shape index (κ3) is 4.17. The second kappa shape index (κ2) is 5.56. The van der Waals surface area contributed by atoms with Crippen LogP contribution in [0.5, 0.6) is 5.75 Å². The molecule has 0 aliphatic heterocycles. The van der Waals surface area contributed by atoms with Gasteiger partial charge in [-0.25, -0.2) is 0 Å². The maximum atomic E-state index is 9.31. The van der Waals surface area contributed by atoms with E-state index in [1.165, 1.54) is 5.57 Å². The lowest BCUT2D eigenvalue weighted by molar-refractivity contribution is 0.199. The molecular formula is C13H18O2. The van der Waals surface area contributed by atoms with E-state index in [9.17, 15) is 5.11 Å². The first kappa shape index (κ1) is 11.8. The van der Waals surface area contributed by atoms with E-state index >= 15 is 0 Å². The summed E-state index contributed by atoms with van der Waals surface area (Å²) in [5.41, 5.74) is 2.15. The van der Waals surface area contributed by atoms with Crippen molar-refractivity contribution in [3.05, 3.63) is 41.5 Å². The van der Waals surface area contributed by atoms with E-state index < -0.39 is 6.10 Å². The van der Waals surface area contributed by atoms with Crippen molar-refractivity contribution in [2.75, 3.05) is 6.61 Å². The monoisotopic (exact) mass is 206 g/mol. The van der Waals surface area contributed by atoms with E-state index in [4.69, 9.17) is 4.74 Å². The summed E-state index contributed by atoms with van der Waals surface area (Å²) in [6.45, 7) is 6.43. The van der Waals surface area contributed by atoms with E-state index in [0.29, 0.717) is 6.61 Å². The molecule has 0 aliphatic carbocycles. The molecule has 1 rings (SSSR count). The van der Waals surface area contributed by atoms with Crippen molar-refractivity contribution < 1.29 is 9.84 Å². The first-order valence-corrected chi connectivity index (χ1v) is 5.14. The fourth-order valence-corrected chi connectivity index (χ4v) is 1.15. The van der Waals surface area contributed by atoms with Crippen molar-refractivity contribution in [2.24, 2.45) is 0 Å². The first-order valence-electron chi connectivity index (χ1n) is 5.14. The third-order valence-electron chi connectivity index (χ3n) is 2.10. The summed E-state index contributed by atoms with van der Waals surface area (Å²) in [4.78, 5) is 0. The summed E-state index contributed by atoms with van der Waals surface area (Å²) in [6, 6.07) is 7.51. The Morgan fingerprint density at radius 2 is 1.93 bits per heavy atom. The zero-order chi connectivity index (χ0) is 11.3. The SMILES string of the molecule is CC(C)=CCOc1ccc(C(C)O)cc1. The summed E-state index contributed by atoms with van der Waals surface area (Å²) >= 11 is 0. The standard InChI is InChI=1S/C13H18O2/c1-10(2)8-9-15-13-6-4-12(5-7-13)11(3)14/h4-8,11,14H,9H2,1-3H3. The van der Waals surface area contributed by atoms with Crippen LogP contribution in [0, 0.1) is 0 Å². The van der Waals surface area contributed by atoms with Crippen LogP contribution in [0.15, 0.2) is 35.9 Å². The molecule has 1 N–H and O–H groups in total. The third-order valence-corrected chi connectivity index (χ3v) is 2.10. The number of hydrogen-bond donors (Lipinski definition) is 1. The average Bonchev–Trinajstić information content (AvgIpc) is 2.18. The van der Waals surface area contributed by atoms with Gasteiger partial charge in [-0.3, -0.25) is 0 Å². The Morgan fingerprint density at radius 1 is 1.33 bits per heavy atom. The Kier molecular flexibility index (Phi) is 4.37. The lowest BCUT2D eigenvalue weighted by atomic mass is 10.1. The van der Waals surface area contributed by atoms with Gasteiger partial charge in [-0.1, -0.05) is 17.7 Å². The molecule has 1 aromatic carbocycles. The number of benzene rings is 1. The molecule has 15 heavy (non-hydrogen) atoms. The Balaban J connectivity index is 2.53. The van der Waals surface area contributed by atoms with Gasteiger partial charge in [0.05, 0.1) is 6.10 Å². The predicted molar refractivity (Wildman–Crippen MR) is 62.0 cm³/mol. The minimum Gasteiger partial charge on any atom is -0.490 e. The minimum atomic E-state index is -0.420. The second-order valence-electron chi connectivity index (χ2n) is 3.84. The zero-order valence-corrected chi connectivity index (χ0v) is 9.53. The average molecular weight is 206 g/mol. The van der Waals surface area contributed by atoms with Crippen LogP contribution in [0.25, 0.3) is 0 Å². The fraction of sp³-hybridized carbons (Fsp3) is 0.385. The van der Waals surface area contributed by atoms with Gasteiger partial charge in [0.1, 0.15) is 12.4 Å². The molecule has 1 unspecified atom stereocenters. The Labute approximate surface area is 91.2 Å². The molecule has 2 nitrogen and oxygen atoms in total. The molecule has 0 aliphatic rings. The summed E-state index contributed by atoms with van der Waals surface area (Å²) in [7, 11) is 0. The van der Waals surface area contributed by atoms with Crippen molar-refractivity contribution in [1.82, 2.24) is 0 Å². The smallest absolute Gasteiger partial charge is 0.119 e. The van der Waals surface area contributed by atoms with Crippen LogP contribution >= 0.6 is 0 Å². The van der Waals surface area contributed by atoms with Crippen LogP contribution in [0.3, 0.4) is 0 Å². The van der Waals surface area contributed by atoms with Crippen molar-refractivity contribution in [2.45, 2.75) is 26.9 Å². The highest BCUT2D eigenvalue weighted by Crippen LogP contribution is 2.17. The number of rotatable bonds is 4. The molecule has 0 heterocycles. The van der Waals surface area contributed by atoms with Gasteiger partial charge in [-0.05, 0) is 44.5 Å². The largest absolute Gasteiger partial charge is 0.490 e. The number of aliphatic hydroxyl groups is 1. The van der Waals surface area contributed by atoms with Gasteiger partial charge in [0.15, 0.2) is 0 Å². The van der Waals surface area contributed by atoms with Crippen LogP contribution in [0.2, 0.25) is 0 Å². The lowest BCUT2D eigenvalue weighted by Crippen LogP contribution is -1.95. The summed E-state index contributed by atoms with van der Waals surface area (Å²) in [5, 5.41) is 9.31. The number of allylic oxidation sites excluding steroid dienone is 1. The quantitative estimate of drug-likeness (QED) is 0.767. The second-order valence-corrected chi connectivity index (χ2v) is 3.84. The molecule has 0 saturated heterocycles. The van der Waals surface area contributed by atoms with Gasteiger partial charge >= 0.3 is 0 Å². The number of hydrogen-bond acceptors (Lipinski definition) is 2. The van der Waals surface area contributed by atoms with Crippen LogP contribution in [-0.2, 0) is 0 Å². The number of ether oxygens (including phenoxy) is 1. The molecule has 0 radical (unpaired) electrons. The molecule has 82 valence electrons. The Bertz CT molecular complexity index is 319. The molecule has 0 amide bonds. The Morgan fingerprint density at radius 3 is 2.40 bits per heavy atom. The molecule has 0 spiro atoms. The van der Waals surface area contributed by atoms with Crippen LogP contribution < -0.4 is 4.74 Å². The molecule has 0 aromatic heterocycles. The lowest BCUT2D eigenvalue weighted by Gasteiger charge is -2.07. The summed E-state index contributed by atoms with van der Waals surface area (Å²) < 4.78 is 5.49. The highest BCUT2D eigenvalue weighted by atomic mass is 16.5. The van der Waals surface area contributed by atoms with E-state index in [0.717, 1.165) is 11.3 Å². The molecule has 0 bridgehead atoms. The predicted octanol–water partition coefficient (Wildman–Crippen LogP) is 3.08. The molecular weight excluding hydrogens is 188 g/mol. The van der Waals surface area contributed by atoms with Crippen molar-refractivity contribution >= 4 is 0 Å². The van der Waals surface area contributed by atoms with Gasteiger partial charge in [0.2, 0.25) is 0 Å². The maximum Gasteiger partial charge on any atom is 0.119 e. The Hall–Kier alpha value is -1.28. The van der Waals surface area contributed by atoms with Crippen molar-refractivity contribution in [3.63, 3.8) is 0 Å². The first-order chi connectivity index (χ1) is 7.09. The van der Waals surface area contributed by atoms with Crippen molar-refractivity contribution in [1.29, 1.82) is 0 Å². The highest BCUT2D eigenvalue weighted by Gasteiger charge is 1.99. The molecule has 0 saturated carbocycles. The molecule has 1 aromatic rings. The van der Waals surface area contributed by atoms with Crippen LogP contribution in [0.4, 0.5) is 0 Å². The maximum absolute atomic E-state index is 9.31. The van der Waals surface area contributed by atoms with Gasteiger partial charge in [-0.2, -0.15) is 0 Å². The molecule has 1 atom stereocenters. The van der Waals surface area contributed by atoms with Gasteiger partial charge in [-0.15, -0.1) is 0 Å². The summed E-state index contributed by atoms with van der Waals surface area (Å²) in [6.07, 6.45) is 1.61. The van der Waals surface area contributed by atoms with Crippen molar-refractivity contribution in [3.8, 4) is 5.75 Å². The van der Waals surface area contributed by atoms with Crippen LogP contribution in [0.1, 0.15) is 32.4 Å². The van der Waals surface area contributed by atoms with Gasteiger partial charge < -0.3 is 9.84 Å². The van der Waals surface area contributed by atoms with E-state index in [1.54, 1.807) is 6.92 Å². The highest BCUT2D eigenvalue weighted by molar-refractivity contribution is 5.28. The molecule has 2 heteroatoms.